The molecule has 1 saturated heterocycles. The molecule has 2 heterocycles. The Labute approximate surface area is 206 Å². The number of urea groups is 1. The van der Waals surface area contributed by atoms with Crippen molar-refractivity contribution in [2.75, 3.05) is 0 Å². The van der Waals surface area contributed by atoms with Gasteiger partial charge in [0.15, 0.2) is 0 Å². The Balaban J connectivity index is 1.57. The number of amides is 4. The van der Waals surface area contributed by atoms with Crippen molar-refractivity contribution in [1.29, 1.82) is 0 Å². The number of aromatic nitrogens is 1. The molecule has 2 fully saturated rings. The molecule has 34 heavy (non-hydrogen) atoms. The number of rotatable bonds is 3. The van der Waals surface area contributed by atoms with Crippen molar-refractivity contribution in [2.24, 2.45) is 0 Å². The highest BCUT2D eigenvalue weighted by Crippen LogP contribution is 2.33. The van der Waals surface area contributed by atoms with Crippen LogP contribution < -0.4 is 5.32 Å². The maximum absolute atomic E-state index is 13.3. The summed E-state index contributed by atoms with van der Waals surface area (Å²) in [6, 6.07) is 13.5. The van der Waals surface area contributed by atoms with Gasteiger partial charge >= 0.3 is 6.03 Å². The predicted molar refractivity (Wildman–Crippen MR) is 136 cm³/mol. The summed E-state index contributed by atoms with van der Waals surface area (Å²) in [5, 5.41) is 4.58. The first-order valence-electron chi connectivity index (χ1n) is 11.6. The number of benzene rings is 2. The number of hydrogen-bond acceptors (Lipinski definition) is 3. The Bertz CT molecular complexity index is 1360. The average molecular weight is 520 g/mol. The first-order valence-corrected chi connectivity index (χ1v) is 12.4. The second-order valence-electron chi connectivity index (χ2n) is 9.06. The van der Waals surface area contributed by atoms with E-state index in [0.717, 1.165) is 70.0 Å². The second kappa shape index (κ2) is 8.87. The Kier molecular flexibility index (Phi) is 5.90. The Morgan fingerprint density at radius 2 is 1.68 bits per heavy atom. The lowest BCUT2D eigenvalue weighted by Gasteiger charge is -2.35. The monoisotopic (exact) mass is 519 g/mol. The summed E-state index contributed by atoms with van der Waals surface area (Å²) in [5.74, 6) is -1.14. The third kappa shape index (κ3) is 3.78. The quantitative estimate of drug-likeness (QED) is 0.350. The van der Waals surface area contributed by atoms with Crippen molar-refractivity contribution in [3.63, 3.8) is 0 Å². The summed E-state index contributed by atoms with van der Waals surface area (Å²) in [6.45, 7) is 3.98. The number of carbonyl (C=O) groups excluding carboxylic acids is 3. The summed E-state index contributed by atoms with van der Waals surface area (Å²) >= 11 is 3.64. The molecule has 1 saturated carbocycles. The van der Waals surface area contributed by atoms with E-state index in [2.05, 4.69) is 44.0 Å². The molecule has 2 aromatic carbocycles. The fourth-order valence-electron chi connectivity index (χ4n) is 5.24. The first kappa shape index (κ1) is 22.6. The zero-order valence-electron chi connectivity index (χ0n) is 19.2. The van der Waals surface area contributed by atoms with Crippen LogP contribution in [0, 0.1) is 13.8 Å². The fourth-order valence-corrected chi connectivity index (χ4v) is 5.72. The van der Waals surface area contributed by atoms with Gasteiger partial charge in [0.25, 0.3) is 11.8 Å². The molecule has 6 nitrogen and oxygen atoms in total. The zero-order valence-corrected chi connectivity index (χ0v) is 20.8. The highest BCUT2D eigenvalue weighted by molar-refractivity contribution is 9.10. The molecule has 0 bridgehead atoms. The molecule has 174 valence electrons. The molecular formula is C27H26BrN3O3. The van der Waals surface area contributed by atoms with Gasteiger partial charge in [-0.25, -0.2) is 4.79 Å². The summed E-state index contributed by atoms with van der Waals surface area (Å²) in [5.41, 5.74) is 3.71. The number of nitrogens with zero attached hydrogens (tertiary/aromatic N) is 2. The van der Waals surface area contributed by atoms with Crippen LogP contribution >= 0.6 is 15.9 Å². The molecule has 1 aliphatic carbocycles. The minimum Gasteiger partial charge on any atom is -0.317 e. The van der Waals surface area contributed by atoms with Gasteiger partial charge in [-0.05, 0) is 61.9 Å². The van der Waals surface area contributed by atoms with Crippen LogP contribution in [0.4, 0.5) is 4.79 Å². The molecule has 1 N–H and O–H groups in total. The van der Waals surface area contributed by atoms with E-state index in [1.54, 1.807) is 6.08 Å². The van der Waals surface area contributed by atoms with E-state index in [0.29, 0.717) is 0 Å². The van der Waals surface area contributed by atoms with Gasteiger partial charge in [0, 0.05) is 27.3 Å². The highest BCUT2D eigenvalue weighted by Gasteiger charge is 2.40. The largest absolute Gasteiger partial charge is 0.331 e. The van der Waals surface area contributed by atoms with Gasteiger partial charge in [-0.1, -0.05) is 59.5 Å². The van der Waals surface area contributed by atoms with Crippen molar-refractivity contribution < 1.29 is 14.4 Å². The van der Waals surface area contributed by atoms with Crippen LogP contribution in [-0.2, 0) is 9.59 Å². The predicted octanol–water partition coefficient (Wildman–Crippen LogP) is 5.80. The standard InChI is InChI=1S/C27H26BrN3O3/c1-16-14-18(17(2)30(16)24-13-12-23(28)20-10-6-7-11-21(20)24)15-22-25(32)29-27(34)31(26(22)33)19-8-4-3-5-9-19/h6-7,10-15,19H,3-5,8-9H2,1-2H3,(H,29,32,34). The van der Waals surface area contributed by atoms with Crippen LogP contribution in [0.3, 0.4) is 0 Å². The van der Waals surface area contributed by atoms with Gasteiger partial charge in [-0.15, -0.1) is 0 Å². The average Bonchev–Trinajstić information content (AvgIpc) is 3.10. The third-order valence-electron chi connectivity index (χ3n) is 6.93. The number of halogens is 1. The lowest BCUT2D eigenvalue weighted by Crippen LogP contribution is -2.58. The maximum atomic E-state index is 13.3. The van der Waals surface area contributed by atoms with Gasteiger partial charge in [0.2, 0.25) is 0 Å². The van der Waals surface area contributed by atoms with Crippen LogP contribution in [0.15, 0.2) is 52.5 Å². The third-order valence-corrected chi connectivity index (χ3v) is 7.62. The van der Waals surface area contributed by atoms with Crippen molar-refractivity contribution >= 4 is 50.6 Å². The molecule has 0 radical (unpaired) electrons. The molecular weight excluding hydrogens is 494 g/mol. The van der Waals surface area contributed by atoms with E-state index >= 15 is 0 Å². The van der Waals surface area contributed by atoms with Gasteiger partial charge in [0.05, 0.1) is 5.69 Å². The Hall–Kier alpha value is -3.19. The molecule has 2 aliphatic rings. The minimum atomic E-state index is -0.638. The molecule has 4 amide bonds. The summed E-state index contributed by atoms with van der Waals surface area (Å²) in [4.78, 5) is 39.7. The van der Waals surface area contributed by atoms with Gasteiger partial charge in [-0.2, -0.15) is 0 Å². The summed E-state index contributed by atoms with van der Waals surface area (Å²) < 4.78 is 3.16. The number of fused-ring (bicyclic) bond motifs is 1. The van der Waals surface area contributed by atoms with E-state index in [4.69, 9.17) is 0 Å². The number of aryl methyl sites for hydroxylation is 1. The van der Waals surface area contributed by atoms with E-state index in [9.17, 15) is 14.4 Å². The second-order valence-corrected chi connectivity index (χ2v) is 9.91. The summed E-state index contributed by atoms with van der Waals surface area (Å²) in [6.07, 6.45) is 6.27. The fraction of sp³-hybridized carbons (Fsp3) is 0.296. The van der Waals surface area contributed by atoms with Gasteiger partial charge in [-0.3, -0.25) is 19.8 Å². The molecule has 1 aliphatic heterocycles. The van der Waals surface area contributed by atoms with Crippen molar-refractivity contribution in [2.45, 2.75) is 52.0 Å². The number of nitrogens with one attached hydrogen (secondary N) is 1. The maximum Gasteiger partial charge on any atom is 0.331 e. The minimum absolute atomic E-state index is 0.00564. The summed E-state index contributed by atoms with van der Waals surface area (Å²) in [7, 11) is 0. The molecule has 0 unspecified atom stereocenters. The smallest absolute Gasteiger partial charge is 0.317 e. The topological polar surface area (TPSA) is 71.4 Å². The van der Waals surface area contributed by atoms with Gasteiger partial charge in [0.1, 0.15) is 5.57 Å². The lowest BCUT2D eigenvalue weighted by atomic mass is 9.93. The van der Waals surface area contributed by atoms with Gasteiger partial charge < -0.3 is 4.57 Å². The van der Waals surface area contributed by atoms with E-state index in [1.807, 2.05) is 38.1 Å². The molecule has 1 aromatic heterocycles. The normalized spacial score (nSPS) is 18.7. The van der Waals surface area contributed by atoms with E-state index in [1.165, 1.54) is 4.90 Å². The number of imide groups is 2. The molecule has 0 spiro atoms. The van der Waals surface area contributed by atoms with E-state index in [-0.39, 0.29) is 11.6 Å². The molecule has 5 rings (SSSR count). The Morgan fingerprint density at radius 3 is 2.41 bits per heavy atom. The number of barbiturate groups is 1. The van der Waals surface area contributed by atoms with Crippen molar-refractivity contribution in [1.82, 2.24) is 14.8 Å². The van der Waals surface area contributed by atoms with Crippen LogP contribution in [0.5, 0.6) is 0 Å². The van der Waals surface area contributed by atoms with Crippen LogP contribution in [0.1, 0.15) is 49.1 Å². The zero-order chi connectivity index (χ0) is 24.0. The lowest BCUT2D eigenvalue weighted by molar-refractivity contribution is -0.132. The molecule has 7 heteroatoms. The highest BCUT2D eigenvalue weighted by atomic mass is 79.9. The van der Waals surface area contributed by atoms with Crippen molar-refractivity contribution in [3.8, 4) is 5.69 Å². The number of hydrogen-bond donors (Lipinski definition) is 1. The first-order chi connectivity index (χ1) is 16.4. The van der Waals surface area contributed by atoms with E-state index < -0.39 is 17.8 Å². The van der Waals surface area contributed by atoms with Crippen molar-refractivity contribution in [3.05, 3.63) is 69.5 Å². The molecule has 3 aromatic rings. The number of carbonyl (C=O) groups is 3. The van der Waals surface area contributed by atoms with Crippen LogP contribution in [0.25, 0.3) is 22.5 Å². The van der Waals surface area contributed by atoms with Crippen LogP contribution in [-0.4, -0.2) is 33.4 Å². The Morgan fingerprint density at radius 1 is 0.971 bits per heavy atom. The SMILES string of the molecule is Cc1cc(C=C2C(=O)NC(=O)N(C3CCCCC3)C2=O)c(C)n1-c1ccc(Br)c2ccccc12. The van der Waals surface area contributed by atoms with Crippen LogP contribution in [0.2, 0.25) is 0 Å². The molecule has 0 atom stereocenters.